The number of hydrogen-bond acceptors (Lipinski definition) is 2. The molecule has 1 rings (SSSR count). The summed E-state index contributed by atoms with van der Waals surface area (Å²) >= 11 is 0. The molecule has 0 fully saturated rings. The standard InChI is InChI=1S/C18H28N2O/c1-3-4-5-6-7-8-9-16-10-12-17(13-11-16)18(21)20-14-15(2)19/h10-13,19H,3-9,14H2,1-2H3,(H,20,21). The summed E-state index contributed by atoms with van der Waals surface area (Å²) in [5.41, 5.74) is 2.43. The average molecular weight is 288 g/mol. The first-order valence-corrected chi connectivity index (χ1v) is 8.04. The summed E-state index contributed by atoms with van der Waals surface area (Å²) in [4.78, 5) is 11.8. The van der Waals surface area contributed by atoms with Crippen LogP contribution in [0.2, 0.25) is 0 Å². The van der Waals surface area contributed by atoms with E-state index in [1.165, 1.54) is 44.1 Å². The predicted octanol–water partition coefficient (Wildman–Crippen LogP) is 4.36. The van der Waals surface area contributed by atoms with Gasteiger partial charge in [0.1, 0.15) is 0 Å². The molecule has 0 unspecified atom stereocenters. The second-order valence-corrected chi connectivity index (χ2v) is 5.68. The van der Waals surface area contributed by atoms with Gasteiger partial charge >= 0.3 is 0 Å². The van der Waals surface area contributed by atoms with E-state index in [4.69, 9.17) is 5.41 Å². The fourth-order valence-electron chi connectivity index (χ4n) is 2.25. The Morgan fingerprint density at radius 2 is 1.67 bits per heavy atom. The molecule has 0 aliphatic carbocycles. The summed E-state index contributed by atoms with van der Waals surface area (Å²) in [7, 11) is 0. The molecule has 116 valence electrons. The van der Waals surface area contributed by atoms with E-state index >= 15 is 0 Å². The number of amides is 1. The van der Waals surface area contributed by atoms with Gasteiger partial charge in [-0.15, -0.1) is 0 Å². The highest BCUT2D eigenvalue weighted by atomic mass is 16.1. The van der Waals surface area contributed by atoms with Crippen LogP contribution >= 0.6 is 0 Å². The van der Waals surface area contributed by atoms with E-state index < -0.39 is 0 Å². The minimum absolute atomic E-state index is 0.104. The van der Waals surface area contributed by atoms with Crippen molar-refractivity contribution in [3.05, 3.63) is 35.4 Å². The van der Waals surface area contributed by atoms with Gasteiger partial charge in [-0.3, -0.25) is 4.79 Å². The van der Waals surface area contributed by atoms with E-state index in [-0.39, 0.29) is 5.91 Å². The molecule has 0 aromatic heterocycles. The van der Waals surface area contributed by atoms with Crippen LogP contribution in [0.3, 0.4) is 0 Å². The van der Waals surface area contributed by atoms with Crippen LogP contribution in [-0.4, -0.2) is 18.2 Å². The van der Waals surface area contributed by atoms with E-state index in [9.17, 15) is 4.79 Å². The molecular formula is C18H28N2O. The van der Waals surface area contributed by atoms with Crippen molar-refractivity contribution in [1.29, 1.82) is 5.41 Å². The summed E-state index contributed by atoms with van der Waals surface area (Å²) in [6.07, 6.45) is 8.93. The molecule has 1 aromatic carbocycles. The minimum atomic E-state index is -0.104. The summed E-state index contributed by atoms with van der Waals surface area (Å²) in [5, 5.41) is 10.0. The van der Waals surface area contributed by atoms with Gasteiger partial charge < -0.3 is 10.7 Å². The Morgan fingerprint density at radius 3 is 2.29 bits per heavy atom. The van der Waals surface area contributed by atoms with Crippen molar-refractivity contribution in [2.24, 2.45) is 0 Å². The lowest BCUT2D eigenvalue weighted by Gasteiger charge is -2.06. The maximum absolute atomic E-state index is 11.8. The van der Waals surface area contributed by atoms with Crippen molar-refractivity contribution in [1.82, 2.24) is 5.32 Å². The van der Waals surface area contributed by atoms with Gasteiger partial charge in [0.15, 0.2) is 0 Å². The number of carbonyl (C=O) groups is 1. The number of benzene rings is 1. The van der Waals surface area contributed by atoms with E-state index in [2.05, 4.69) is 12.2 Å². The van der Waals surface area contributed by atoms with Crippen molar-refractivity contribution in [2.45, 2.75) is 58.8 Å². The van der Waals surface area contributed by atoms with Crippen LogP contribution in [0.5, 0.6) is 0 Å². The number of aryl methyl sites for hydroxylation is 1. The van der Waals surface area contributed by atoms with Gasteiger partial charge in [-0.2, -0.15) is 0 Å². The van der Waals surface area contributed by atoms with Gasteiger partial charge in [0.25, 0.3) is 5.91 Å². The maximum atomic E-state index is 11.8. The lowest BCUT2D eigenvalue weighted by molar-refractivity contribution is 0.0959. The molecular weight excluding hydrogens is 260 g/mol. The zero-order chi connectivity index (χ0) is 15.5. The molecule has 0 spiro atoms. The normalized spacial score (nSPS) is 10.4. The van der Waals surface area contributed by atoms with Crippen LogP contribution in [0.1, 0.15) is 68.3 Å². The molecule has 0 radical (unpaired) electrons. The van der Waals surface area contributed by atoms with Crippen molar-refractivity contribution >= 4 is 11.6 Å². The van der Waals surface area contributed by atoms with Crippen LogP contribution in [0.4, 0.5) is 0 Å². The zero-order valence-corrected chi connectivity index (χ0v) is 13.4. The molecule has 3 heteroatoms. The van der Waals surface area contributed by atoms with Crippen LogP contribution in [0.25, 0.3) is 0 Å². The molecule has 0 saturated heterocycles. The van der Waals surface area contributed by atoms with Crippen molar-refractivity contribution in [3.63, 3.8) is 0 Å². The highest BCUT2D eigenvalue weighted by Gasteiger charge is 2.04. The van der Waals surface area contributed by atoms with Gasteiger partial charge in [0.05, 0.1) is 6.54 Å². The molecule has 21 heavy (non-hydrogen) atoms. The second-order valence-electron chi connectivity index (χ2n) is 5.68. The number of carbonyl (C=O) groups excluding carboxylic acids is 1. The minimum Gasteiger partial charge on any atom is -0.347 e. The Labute approximate surface area is 128 Å². The Hall–Kier alpha value is -1.64. The summed E-state index contributed by atoms with van der Waals surface area (Å²) in [6.45, 7) is 4.24. The van der Waals surface area contributed by atoms with Crippen LogP contribution in [0, 0.1) is 5.41 Å². The molecule has 0 heterocycles. The van der Waals surface area contributed by atoms with Gasteiger partial charge in [-0.25, -0.2) is 0 Å². The average Bonchev–Trinajstić information content (AvgIpc) is 2.49. The quantitative estimate of drug-likeness (QED) is 0.488. The smallest absolute Gasteiger partial charge is 0.251 e. The molecule has 2 N–H and O–H groups in total. The maximum Gasteiger partial charge on any atom is 0.251 e. The van der Waals surface area contributed by atoms with Gasteiger partial charge in [0, 0.05) is 11.3 Å². The largest absolute Gasteiger partial charge is 0.347 e. The monoisotopic (exact) mass is 288 g/mol. The topological polar surface area (TPSA) is 53.0 Å². The lowest BCUT2D eigenvalue weighted by atomic mass is 10.0. The third-order valence-corrected chi connectivity index (χ3v) is 3.55. The molecule has 3 nitrogen and oxygen atoms in total. The summed E-state index contributed by atoms with van der Waals surface area (Å²) < 4.78 is 0. The van der Waals surface area contributed by atoms with Crippen LogP contribution in [-0.2, 0) is 6.42 Å². The first kappa shape index (κ1) is 17.4. The molecule has 0 aliphatic heterocycles. The van der Waals surface area contributed by atoms with Gasteiger partial charge in [-0.05, 0) is 37.5 Å². The highest BCUT2D eigenvalue weighted by Crippen LogP contribution is 2.11. The Bertz CT molecular complexity index is 437. The number of unbranched alkanes of at least 4 members (excludes halogenated alkanes) is 5. The Morgan fingerprint density at radius 1 is 1.05 bits per heavy atom. The fraction of sp³-hybridized carbons (Fsp3) is 0.556. The molecule has 0 saturated carbocycles. The van der Waals surface area contributed by atoms with E-state index in [0.717, 1.165) is 6.42 Å². The van der Waals surface area contributed by atoms with E-state index in [0.29, 0.717) is 17.8 Å². The fourth-order valence-corrected chi connectivity index (χ4v) is 2.25. The predicted molar refractivity (Wildman–Crippen MR) is 89.3 cm³/mol. The Kier molecular flexibility index (Phi) is 8.41. The third-order valence-electron chi connectivity index (χ3n) is 3.55. The van der Waals surface area contributed by atoms with Gasteiger partial charge in [-0.1, -0.05) is 51.2 Å². The SMILES string of the molecule is CCCCCCCCc1ccc(C(=O)NCC(C)=N)cc1. The first-order chi connectivity index (χ1) is 10.1. The molecule has 1 aromatic rings. The van der Waals surface area contributed by atoms with Crippen molar-refractivity contribution in [3.8, 4) is 0 Å². The zero-order valence-electron chi connectivity index (χ0n) is 13.4. The van der Waals surface area contributed by atoms with E-state index in [1.54, 1.807) is 6.92 Å². The third kappa shape index (κ3) is 7.64. The number of rotatable bonds is 10. The Balaban J connectivity index is 2.29. The van der Waals surface area contributed by atoms with Crippen molar-refractivity contribution in [2.75, 3.05) is 6.54 Å². The molecule has 0 atom stereocenters. The number of hydrogen-bond donors (Lipinski definition) is 2. The lowest BCUT2D eigenvalue weighted by Crippen LogP contribution is -2.27. The second kappa shape index (κ2) is 10.1. The van der Waals surface area contributed by atoms with Crippen LogP contribution < -0.4 is 5.32 Å². The molecule has 0 aliphatic rings. The first-order valence-electron chi connectivity index (χ1n) is 8.04. The van der Waals surface area contributed by atoms with Crippen LogP contribution in [0.15, 0.2) is 24.3 Å². The number of nitrogens with one attached hydrogen (secondary N) is 2. The summed E-state index contributed by atoms with van der Waals surface area (Å²) in [6, 6.07) is 7.83. The molecule has 0 bridgehead atoms. The van der Waals surface area contributed by atoms with Gasteiger partial charge in [0.2, 0.25) is 0 Å². The van der Waals surface area contributed by atoms with E-state index in [1.807, 2.05) is 24.3 Å². The highest BCUT2D eigenvalue weighted by molar-refractivity contribution is 5.96. The molecule has 1 amide bonds. The summed E-state index contributed by atoms with van der Waals surface area (Å²) in [5.74, 6) is -0.104. The van der Waals surface area contributed by atoms with Crippen molar-refractivity contribution < 1.29 is 4.79 Å².